The number of rotatable bonds is 3. The van der Waals surface area contributed by atoms with Crippen LogP contribution in [0.1, 0.15) is 5.56 Å². The van der Waals surface area contributed by atoms with E-state index in [4.69, 9.17) is 16.2 Å². The van der Waals surface area contributed by atoms with E-state index in [0.29, 0.717) is 18.2 Å². The highest BCUT2D eigenvalue weighted by Gasteiger charge is 2.01. The fraction of sp³-hybridized carbons (Fsp3) is 0.0833. The highest BCUT2D eigenvalue weighted by atomic mass is 19.1. The number of hydrogen-bond donors (Lipinski definition) is 2. The molecule has 0 saturated heterocycles. The summed E-state index contributed by atoms with van der Waals surface area (Å²) in [5.41, 5.74) is 11.9. The van der Waals surface area contributed by atoms with Gasteiger partial charge in [-0.1, -0.05) is 0 Å². The Morgan fingerprint density at radius 2 is 2.00 bits per heavy atom. The number of aromatic nitrogens is 1. The van der Waals surface area contributed by atoms with E-state index in [0.717, 1.165) is 5.56 Å². The predicted octanol–water partition coefficient (Wildman–Crippen LogP) is 1.96. The summed E-state index contributed by atoms with van der Waals surface area (Å²) >= 11 is 0. The number of nitrogens with two attached hydrogens (primary N) is 2. The van der Waals surface area contributed by atoms with Crippen molar-refractivity contribution in [2.45, 2.75) is 6.61 Å². The van der Waals surface area contributed by atoms with Crippen LogP contribution in [0.25, 0.3) is 0 Å². The third-order valence-corrected chi connectivity index (χ3v) is 2.22. The lowest BCUT2D eigenvalue weighted by molar-refractivity contribution is 0.304. The molecule has 1 aromatic carbocycles. The third kappa shape index (κ3) is 2.84. The topological polar surface area (TPSA) is 74.2 Å². The van der Waals surface area contributed by atoms with Crippen LogP contribution in [0.2, 0.25) is 0 Å². The molecule has 0 fully saturated rings. The molecule has 0 aliphatic carbocycles. The van der Waals surface area contributed by atoms with Crippen molar-refractivity contribution in [3.63, 3.8) is 0 Å². The molecule has 0 radical (unpaired) electrons. The summed E-state index contributed by atoms with van der Waals surface area (Å²) < 4.78 is 18.5. The Morgan fingerprint density at radius 3 is 2.71 bits per heavy atom. The average Bonchev–Trinajstić information content (AvgIpc) is 2.31. The largest absolute Gasteiger partial charge is 0.489 e. The minimum atomic E-state index is -0.489. The minimum Gasteiger partial charge on any atom is -0.489 e. The van der Waals surface area contributed by atoms with Crippen LogP contribution >= 0.6 is 0 Å². The Kier molecular flexibility index (Phi) is 3.09. The van der Waals surface area contributed by atoms with Crippen molar-refractivity contribution < 1.29 is 9.13 Å². The zero-order chi connectivity index (χ0) is 12.3. The lowest BCUT2D eigenvalue weighted by Crippen LogP contribution is -1.99. The van der Waals surface area contributed by atoms with Crippen LogP contribution in [-0.4, -0.2) is 4.98 Å². The van der Waals surface area contributed by atoms with Gasteiger partial charge in [0, 0.05) is 12.3 Å². The Hall–Kier alpha value is -2.30. The van der Waals surface area contributed by atoms with E-state index < -0.39 is 5.82 Å². The van der Waals surface area contributed by atoms with E-state index in [1.165, 1.54) is 12.1 Å². The first-order valence-electron chi connectivity index (χ1n) is 5.03. The van der Waals surface area contributed by atoms with Crippen molar-refractivity contribution in [2.24, 2.45) is 0 Å². The number of hydrogen-bond acceptors (Lipinski definition) is 4. The molecular formula is C12H12FN3O. The summed E-state index contributed by atoms with van der Waals surface area (Å²) in [6, 6.07) is 7.81. The standard InChI is InChI=1S/C12H12FN3O/c13-10-6-9(1-2-11(10)14)17-7-8-3-4-16-12(15)5-8/h1-6H,7,14H2,(H2,15,16). The molecule has 0 saturated carbocycles. The summed E-state index contributed by atoms with van der Waals surface area (Å²) in [4.78, 5) is 3.87. The fourth-order valence-electron chi connectivity index (χ4n) is 1.35. The molecule has 0 spiro atoms. The van der Waals surface area contributed by atoms with Crippen LogP contribution in [0.5, 0.6) is 5.75 Å². The SMILES string of the molecule is Nc1cc(COc2ccc(N)c(F)c2)ccn1. The first kappa shape index (κ1) is 11.2. The van der Waals surface area contributed by atoms with Gasteiger partial charge >= 0.3 is 0 Å². The Labute approximate surface area is 98.0 Å². The first-order valence-corrected chi connectivity index (χ1v) is 5.03. The van der Waals surface area contributed by atoms with E-state index in [9.17, 15) is 4.39 Å². The zero-order valence-electron chi connectivity index (χ0n) is 9.06. The first-order chi connectivity index (χ1) is 8.15. The molecule has 4 nitrogen and oxygen atoms in total. The molecule has 17 heavy (non-hydrogen) atoms. The molecule has 0 aliphatic rings. The second-order valence-corrected chi connectivity index (χ2v) is 3.56. The smallest absolute Gasteiger partial charge is 0.149 e. The van der Waals surface area contributed by atoms with Gasteiger partial charge in [-0.3, -0.25) is 0 Å². The van der Waals surface area contributed by atoms with Crippen LogP contribution in [0, 0.1) is 5.82 Å². The zero-order valence-corrected chi connectivity index (χ0v) is 9.06. The molecule has 2 aromatic rings. The Balaban J connectivity index is 2.05. The fourth-order valence-corrected chi connectivity index (χ4v) is 1.35. The van der Waals surface area contributed by atoms with Crippen molar-refractivity contribution in [1.82, 2.24) is 4.98 Å². The second-order valence-electron chi connectivity index (χ2n) is 3.56. The number of nitrogen functional groups attached to an aromatic ring is 2. The Bertz CT molecular complexity index is 531. The van der Waals surface area contributed by atoms with Crippen molar-refractivity contribution in [2.75, 3.05) is 11.5 Å². The van der Waals surface area contributed by atoms with Gasteiger partial charge in [0.1, 0.15) is 24.0 Å². The van der Waals surface area contributed by atoms with Crippen LogP contribution in [0.4, 0.5) is 15.9 Å². The number of benzene rings is 1. The van der Waals surface area contributed by atoms with Gasteiger partial charge in [0.05, 0.1) is 5.69 Å². The van der Waals surface area contributed by atoms with E-state index >= 15 is 0 Å². The number of pyridine rings is 1. The molecule has 1 aromatic heterocycles. The molecule has 1 heterocycles. The number of ether oxygens (including phenoxy) is 1. The van der Waals surface area contributed by atoms with Crippen LogP contribution in [-0.2, 0) is 6.61 Å². The molecule has 0 unspecified atom stereocenters. The maximum absolute atomic E-state index is 13.1. The van der Waals surface area contributed by atoms with Crippen molar-refractivity contribution in [3.05, 3.63) is 47.9 Å². The molecule has 0 aliphatic heterocycles. The third-order valence-electron chi connectivity index (χ3n) is 2.22. The molecule has 88 valence electrons. The summed E-state index contributed by atoms with van der Waals surface area (Å²) in [5, 5.41) is 0. The number of nitrogens with zero attached hydrogens (tertiary/aromatic N) is 1. The lowest BCUT2D eigenvalue weighted by Gasteiger charge is -2.07. The molecule has 0 bridgehead atoms. The highest BCUT2D eigenvalue weighted by Crippen LogP contribution is 2.19. The number of anilines is 2. The molecule has 0 amide bonds. The monoisotopic (exact) mass is 233 g/mol. The van der Waals surface area contributed by atoms with Gasteiger partial charge in [-0.2, -0.15) is 0 Å². The molecular weight excluding hydrogens is 221 g/mol. The molecule has 2 rings (SSSR count). The van der Waals surface area contributed by atoms with Gasteiger partial charge in [0.25, 0.3) is 0 Å². The van der Waals surface area contributed by atoms with Gasteiger partial charge in [0.15, 0.2) is 0 Å². The molecule has 4 N–H and O–H groups in total. The summed E-state index contributed by atoms with van der Waals surface area (Å²) in [5.74, 6) is 0.360. The Morgan fingerprint density at radius 1 is 1.18 bits per heavy atom. The summed E-state index contributed by atoms with van der Waals surface area (Å²) in [7, 11) is 0. The molecule has 5 heteroatoms. The van der Waals surface area contributed by atoms with Crippen LogP contribution in [0.3, 0.4) is 0 Å². The normalized spacial score (nSPS) is 10.2. The number of halogens is 1. The van der Waals surface area contributed by atoms with Gasteiger partial charge in [-0.15, -0.1) is 0 Å². The van der Waals surface area contributed by atoms with Gasteiger partial charge in [0.2, 0.25) is 0 Å². The predicted molar refractivity (Wildman–Crippen MR) is 63.8 cm³/mol. The maximum atomic E-state index is 13.1. The summed E-state index contributed by atoms with van der Waals surface area (Å²) in [6.45, 7) is 0.302. The lowest BCUT2D eigenvalue weighted by atomic mass is 10.2. The van der Waals surface area contributed by atoms with Crippen molar-refractivity contribution in [3.8, 4) is 5.75 Å². The van der Waals surface area contributed by atoms with Crippen molar-refractivity contribution in [1.29, 1.82) is 0 Å². The van der Waals surface area contributed by atoms with Gasteiger partial charge < -0.3 is 16.2 Å². The quantitative estimate of drug-likeness (QED) is 0.795. The maximum Gasteiger partial charge on any atom is 0.149 e. The van der Waals surface area contributed by atoms with E-state index in [1.807, 2.05) is 0 Å². The van der Waals surface area contributed by atoms with E-state index in [1.54, 1.807) is 24.4 Å². The highest BCUT2D eigenvalue weighted by molar-refractivity contribution is 5.43. The van der Waals surface area contributed by atoms with Gasteiger partial charge in [-0.05, 0) is 29.8 Å². The van der Waals surface area contributed by atoms with Crippen molar-refractivity contribution >= 4 is 11.5 Å². The van der Waals surface area contributed by atoms with Gasteiger partial charge in [-0.25, -0.2) is 9.37 Å². The van der Waals surface area contributed by atoms with Crippen LogP contribution in [0.15, 0.2) is 36.5 Å². The molecule has 0 atom stereocenters. The van der Waals surface area contributed by atoms with E-state index in [2.05, 4.69) is 4.98 Å². The van der Waals surface area contributed by atoms with E-state index in [-0.39, 0.29) is 5.69 Å². The summed E-state index contributed by atoms with van der Waals surface area (Å²) in [6.07, 6.45) is 1.59. The average molecular weight is 233 g/mol. The van der Waals surface area contributed by atoms with Crippen LogP contribution < -0.4 is 16.2 Å². The second kappa shape index (κ2) is 4.69. The minimum absolute atomic E-state index is 0.102.